The normalized spacial score (nSPS) is 29.8. The lowest BCUT2D eigenvalue weighted by atomic mass is 10.1. The maximum Gasteiger partial charge on any atom is 0.241 e. The van der Waals surface area contributed by atoms with Crippen molar-refractivity contribution < 1.29 is 19.5 Å². The lowest BCUT2D eigenvalue weighted by molar-refractivity contribution is -0.138. The Morgan fingerprint density at radius 2 is 2.17 bits per heavy atom. The molecule has 1 aliphatic rings. The number of amides is 1. The van der Waals surface area contributed by atoms with E-state index in [0.29, 0.717) is 11.8 Å². The summed E-state index contributed by atoms with van der Waals surface area (Å²) in [5, 5.41) is 10.3. The van der Waals surface area contributed by atoms with Gasteiger partial charge in [-0.05, 0) is 18.7 Å². The van der Waals surface area contributed by atoms with Crippen molar-refractivity contribution in [2.24, 2.45) is 5.92 Å². The second kappa shape index (κ2) is 3.24. The van der Waals surface area contributed by atoms with Gasteiger partial charge in [0.15, 0.2) is 17.3 Å². The van der Waals surface area contributed by atoms with Crippen molar-refractivity contribution in [3.05, 3.63) is 0 Å². The largest absolute Gasteiger partial charge is 0.364 e. The van der Waals surface area contributed by atoms with E-state index in [0.717, 1.165) is 0 Å². The molecule has 1 heterocycles. The third-order valence-corrected chi connectivity index (χ3v) is 2.21. The molecule has 5 nitrogen and oxygen atoms in total. The average molecular weight is 189 g/mol. The van der Waals surface area contributed by atoms with Gasteiger partial charge in [0.25, 0.3) is 0 Å². The minimum absolute atomic E-state index is 0.503. The zero-order valence-electron chi connectivity index (χ0n) is 6.23. The number of ketones is 1. The first-order valence-electron chi connectivity index (χ1n) is 3.22. The molecular weight excluding hydrogens is 182 g/mol. The summed E-state index contributed by atoms with van der Waals surface area (Å²) in [7, 11) is 0. The lowest BCUT2D eigenvalue weighted by Gasteiger charge is -2.21. The second-order valence-corrected chi connectivity index (χ2v) is 3.43. The van der Waals surface area contributed by atoms with Crippen molar-refractivity contribution in [1.82, 2.24) is 5.32 Å². The number of nitrogens with one attached hydrogen (secondary N) is 1. The van der Waals surface area contributed by atoms with E-state index in [2.05, 4.69) is 5.32 Å². The minimum Gasteiger partial charge on any atom is -0.364 e. The zero-order valence-corrected chi connectivity index (χ0v) is 7.05. The van der Waals surface area contributed by atoms with Crippen LogP contribution in [0.15, 0.2) is 0 Å². The number of aliphatic hydroxyl groups excluding tert-OH is 1. The standard InChI is InChI=1S/C6H7NO4S/c1-2(8)3-4(9)7-6(11)12-5(3)10/h3,6,11H,1H3,(H,7,9). The van der Waals surface area contributed by atoms with Gasteiger partial charge in [-0.25, -0.2) is 0 Å². The highest BCUT2D eigenvalue weighted by atomic mass is 32.2. The van der Waals surface area contributed by atoms with E-state index in [1.54, 1.807) is 0 Å². The molecule has 0 saturated carbocycles. The molecule has 2 N–H and O–H groups in total. The van der Waals surface area contributed by atoms with Crippen LogP contribution in [0.2, 0.25) is 0 Å². The van der Waals surface area contributed by atoms with Crippen LogP contribution in [0.1, 0.15) is 6.92 Å². The van der Waals surface area contributed by atoms with Crippen molar-refractivity contribution >= 4 is 28.6 Å². The summed E-state index contributed by atoms with van der Waals surface area (Å²) in [4.78, 5) is 32.7. The maximum atomic E-state index is 11.0. The molecule has 2 atom stereocenters. The molecule has 6 heteroatoms. The predicted molar refractivity (Wildman–Crippen MR) is 40.9 cm³/mol. The fourth-order valence-corrected chi connectivity index (χ4v) is 1.67. The van der Waals surface area contributed by atoms with Crippen molar-refractivity contribution in [3.63, 3.8) is 0 Å². The van der Waals surface area contributed by atoms with E-state index in [-0.39, 0.29) is 0 Å². The Balaban J connectivity index is 2.81. The summed E-state index contributed by atoms with van der Waals surface area (Å²) in [5.41, 5.74) is -1.22. The molecule has 1 rings (SSSR count). The van der Waals surface area contributed by atoms with E-state index in [1.165, 1.54) is 6.92 Å². The zero-order chi connectivity index (χ0) is 9.30. The van der Waals surface area contributed by atoms with Crippen molar-refractivity contribution in [2.45, 2.75) is 12.5 Å². The number of aliphatic hydroxyl groups is 1. The second-order valence-electron chi connectivity index (χ2n) is 2.34. The van der Waals surface area contributed by atoms with Crippen molar-refractivity contribution in [1.29, 1.82) is 0 Å². The van der Waals surface area contributed by atoms with Gasteiger partial charge in [0.2, 0.25) is 11.0 Å². The van der Waals surface area contributed by atoms with Crippen LogP contribution in [-0.4, -0.2) is 27.5 Å². The van der Waals surface area contributed by atoms with Gasteiger partial charge in [0.1, 0.15) is 0 Å². The highest BCUT2D eigenvalue weighted by molar-refractivity contribution is 8.14. The number of hydrogen-bond acceptors (Lipinski definition) is 5. The summed E-state index contributed by atoms with van der Waals surface area (Å²) >= 11 is 0.545. The molecular formula is C6H7NO4S. The quantitative estimate of drug-likeness (QED) is 0.509. The van der Waals surface area contributed by atoms with Crippen LogP contribution in [0, 0.1) is 5.92 Å². The van der Waals surface area contributed by atoms with E-state index < -0.39 is 28.3 Å². The number of thioether (sulfide) groups is 1. The van der Waals surface area contributed by atoms with E-state index in [9.17, 15) is 14.4 Å². The molecule has 0 bridgehead atoms. The summed E-state index contributed by atoms with van der Waals surface area (Å²) < 4.78 is 0. The summed E-state index contributed by atoms with van der Waals surface area (Å²) in [6.45, 7) is 1.17. The topological polar surface area (TPSA) is 83.5 Å². The molecule has 0 radical (unpaired) electrons. The van der Waals surface area contributed by atoms with Gasteiger partial charge in [0, 0.05) is 0 Å². The van der Waals surface area contributed by atoms with E-state index >= 15 is 0 Å². The van der Waals surface area contributed by atoms with Crippen LogP contribution in [0.3, 0.4) is 0 Å². The van der Waals surface area contributed by atoms with Gasteiger partial charge in [0.05, 0.1) is 0 Å². The van der Waals surface area contributed by atoms with Gasteiger partial charge in [-0.15, -0.1) is 0 Å². The molecule has 0 aromatic carbocycles. The summed E-state index contributed by atoms with van der Waals surface area (Å²) in [5.74, 6) is -2.48. The Morgan fingerprint density at radius 3 is 2.58 bits per heavy atom. The number of hydrogen-bond donors (Lipinski definition) is 2. The molecule has 1 aliphatic heterocycles. The maximum absolute atomic E-state index is 11.0. The van der Waals surface area contributed by atoms with Crippen LogP contribution in [0.4, 0.5) is 0 Å². The fourth-order valence-electron chi connectivity index (χ4n) is 0.870. The van der Waals surface area contributed by atoms with Gasteiger partial charge < -0.3 is 10.4 Å². The predicted octanol–water partition coefficient (Wildman–Crippen LogP) is -1.14. The molecule has 1 fully saturated rings. The van der Waals surface area contributed by atoms with Crippen LogP contribution in [0.25, 0.3) is 0 Å². The van der Waals surface area contributed by atoms with Crippen LogP contribution in [-0.2, 0) is 14.4 Å². The molecule has 0 spiro atoms. The van der Waals surface area contributed by atoms with Gasteiger partial charge >= 0.3 is 0 Å². The molecule has 2 unspecified atom stereocenters. The Morgan fingerprint density at radius 1 is 1.58 bits per heavy atom. The van der Waals surface area contributed by atoms with Crippen molar-refractivity contribution in [2.75, 3.05) is 0 Å². The smallest absolute Gasteiger partial charge is 0.241 e. The van der Waals surface area contributed by atoms with Crippen molar-refractivity contribution in [3.8, 4) is 0 Å². The molecule has 0 aromatic rings. The first kappa shape index (κ1) is 9.21. The molecule has 0 aromatic heterocycles. The number of Topliss-reactive ketones (excluding diaryl/α,β-unsaturated/α-hetero) is 1. The molecule has 1 saturated heterocycles. The van der Waals surface area contributed by atoms with Gasteiger partial charge in [-0.2, -0.15) is 0 Å². The molecule has 12 heavy (non-hydrogen) atoms. The Labute approximate surface area is 72.5 Å². The third-order valence-electron chi connectivity index (χ3n) is 1.40. The Bertz CT molecular complexity index is 234. The Hall–Kier alpha value is -0.880. The monoisotopic (exact) mass is 189 g/mol. The Kier molecular flexibility index (Phi) is 2.49. The summed E-state index contributed by atoms with van der Waals surface area (Å²) in [6.07, 6.45) is 0. The van der Waals surface area contributed by atoms with Crippen LogP contribution >= 0.6 is 11.8 Å². The molecule has 0 aliphatic carbocycles. The lowest BCUT2D eigenvalue weighted by Crippen LogP contribution is -2.48. The minimum atomic E-state index is -1.25. The number of carbonyl (C=O) groups excluding carboxylic acids is 3. The van der Waals surface area contributed by atoms with Gasteiger partial charge in [-0.3, -0.25) is 14.4 Å². The first-order chi connectivity index (χ1) is 5.52. The first-order valence-corrected chi connectivity index (χ1v) is 4.09. The molecule has 1 amide bonds. The highest BCUT2D eigenvalue weighted by Gasteiger charge is 2.38. The SMILES string of the molecule is CC(=O)C1C(=O)NC(O)SC1=O. The highest BCUT2D eigenvalue weighted by Crippen LogP contribution is 2.20. The number of rotatable bonds is 1. The van der Waals surface area contributed by atoms with Crippen LogP contribution < -0.4 is 5.32 Å². The third kappa shape index (κ3) is 1.64. The van der Waals surface area contributed by atoms with E-state index in [4.69, 9.17) is 5.11 Å². The fraction of sp³-hybridized carbons (Fsp3) is 0.500. The van der Waals surface area contributed by atoms with Crippen LogP contribution in [0.5, 0.6) is 0 Å². The molecule has 66 valence electrons. The number of carbonyl (C=O) groups is 3. The average Bonchev–Trinajstić information content (AvgIpc) is 1.82. The summed E-state index contributed by atoms with van der Waals surface area (Å²) in [6, 6.07) is 0. The van der Waals surface area contributed by atoms with Gasteiger partial charge in [-0.1, -0.05) is 0 Å². The van der Waals surface area contributed by atoms with E-state index in [1.807, 2.05) is 0 Å².